The molecule has 1 aliphatic carbocycles. The highest BCUT2D eigenvalue weighted by molar-refractivity contribution is 6.56. The number of fused-ring (bicyclic) bond motifs is 2. The van der Waals surface area contributed by atoms with Crippen molar-refractivity contribution >= 4 is 28.4 Å². The molecule has 1 aromatic heterocycles. The van der Waals surface area contributed by atoms with Crippen molar-refractivity contribution in [2.24, 2.45) is 4.99 Å². The number of aromatic hydroxyl groups is 1. The molecule has 1 amide bonds. The first kappa shape index (κ1) is 20.1. The van der Waals surface area contributed by atoms with Crippen molar-refractivity contribution in [1.82, 2.24) is 14.8 Å². The molecular weight excluding hydrogens is 380 g/mol. The van der Waals surface area contributed by atoms with Crippen LogP contribution in [0, 0.1) is 0 Å². The first-order valence-electron chi connectivity index (χ1n) is 10.3. The second-order valence-corrected chi connectivity index (χ2v) is 7.87. The third-order valence-electron chi connectivity index (χ3n) is 5.42. The molecule has 30 heavy (non-hydrogen) atoms. The molecule has 7 heteroatoms. The number of unbranched alkanes of at least 4 members (excludes halogenated alkanes) is 1. The van der Waals surface area contributed by atoms with Gasteiger partial charge in [0.05, 0.1) is 16.8 Å². The van der Waals surface area contributed by atoms with Gasteiger partial charge in [0.25, 0.3) is 0 Å². The molecule has 0 spiro atoms. The molecule has 0 unspecified atom stereocenters. The standard InChI is InChI=1S/C23H26N4O3/c1-26(2)14-8-7-13-24-23(30)27-18-12-6-4-10-16(18)19(22(27)29)20-21(28)15-9-3-5-11-17(15)25-20/h4,6,9-12,29H,3,5,7-8,13-14H2,1-2H3,(H,24,30). The molecule has 2 aromatic rings. The molecule has 4 rings (SSSR count). The van der Waals surface area contributed by atoms with Crippen LogP contribution in [-0.4, -0.2) is 59.3 Å². The summed E-state index contributed by atoms with van der Waals surface area (Å²) in [6, 6.07) is 6.76. The summed E-state index contributed by atoms with van der Waals surface area (Å²) >= 11 is 0. The number of hydrogen-bond acceptors (Lipinski definition) is 5. The Kier molecular flexibility index (Phi) is 5.55. The number of aliphatic imine (C=N–C) groups is 1. The molecule has 0 saturated carbocycles. The minimum atomic E-state index is -0.415. The fourth-order valence-electron chi connectivity index (χ4n) is 3.94. The predicted octanol–water partition coefficient (Wildman–Crippen LogP) is 3.22. The van der Waals surface area contributed by atoms with Gasteiger partial charge in [-0.3, -0.25) is 4.79 Å². The lowest BCUT2D eigenvalue weighted by Gasteiger charge is -2.10. The first-order chi connectivity index (χ1) is 14.5. The van der Waals surface area contributed by atoms with E-state index in [9.17, 15) is 14.7 Å². The van der Waals surface area contributed by atoms with Crippen molar-refractivity contribution in [1.29, 1.82) is 0 Å². The number of carbonyl (C=O) groups is 2. The van der Waals surface area contributed by atoms with Gasteiger partial charge >= 0.3 is 6.03 Å². The highest BCUT2D eigenvalue weighted by Crippen LogP contribution is 2.37. The summed E-state index contributed by atoms with van der Waals surface area (Å²) in [7, 11) is 4.03. The molecule has 2 heterocycles. The minimum Gasteiger partial charge on any atom is -0.494 e. The van der Waals surface area contributed by atoms with Crippen molar-refractivity contribution < 1.29 is 14.7 Å². The minimum absolute atomic E-state index is 0.195. The fourth-order valence-corrected chi connectivity index (χ4v) is 3.94. The third-order valence-corrected chi connectivity index (χ3v) is 5.42. The number of carbonyl (C=O) groups excluding carboxylic acids is 2. The monoisotopic (exact) mass is 406 g/mol. The maximum absolute atomic E-state index is 12.9. The lowest BCUT2D eigenvalue weighted by Crippen LogP contribution is -2.29. The van der Waals surface area contributed by atoms with Crippen LogP contribution in [0.5, 0.6) is 5.88 Å². The van der Waals surface area contributed by atoms with E-state index in [1.165, 1.54) is 4.57 Å². The van der Waals surface area contributed by atoms with Crippen molar-refractivity contribution in [3.63, 3.8) is 0 Å². The zero-order chi connectivity index (χ0) is 21.3. The molecule has 7 nitrogen and oxygen atoms in total. The normalized spacial score (nSPS) is 15.8. The van der Waals surface area contributed by atoms with E-state index < -0.39 is 6.03 Å². The number of Topliss-reactive ketones (excluding diaryl/α,β-unsaturated/α-hetero) is 1. The lowest BCUT2D eigenvalue weighted by atomic mass is 9.98. The van der Waals surface area contributed by atoms with E-state index >= 15 is 0 Å². The van der Waals surface area contributed by atoms with Gasteiger partial charge < -0.3 is 15.3 Å². The van der Waals surface area contributed by atoms with Crippen LogP contribution in [0.15, 0.2) is 52.7 Å². The lowest BCUT2D eigenvalue weighted by molar-refractivity contribution is -0.109. The van der Waals surface area contributed by atoms with E-state index in [1.54, 1.807) is 18.2 Å². The van der Waals surface area contributed by atoms with Crippen LogP contribution >= 0.6 is 0 Å². The summed E-state index contributed by atoms with van der Waals surface area (Å²) in [4.78, 5) is 32.4. The molecule has 0 radical (unpaired) electrons. The van der Waals surface area contributed by atoms with Gasteiger partial charge in [-0.15, -0.1) is 0 Å². The fraction of sp³-hybridized carbons (Fsp3) is 0.348. The molecule has 0 saturated heterocycles. The highest BCUT2D eigenvalue weighted by atomic mass is 16.3. The van der Waals surface area contributed by atoms with Gasteiger partial charge in [-0.2, -0.15) is 0 Å². The van der Waals surface area contributed by atoms with Crippen LogP contribution in [-0.2, 0) is 4.79 Å². The zero-order valence-electron chi connectivity index (χ0n) is 17.3. The molecule has 2 aliphatic rings. The average molecular weight is 406 g/mol. The van der Waals surface area contributed by atoms with Gasteiger partial charge in [-0.1, -0.05) is 30.4 Å². The van der Waals surface area contributed by atoms with Crippen LogP contribution in [0.1, 0.15) is 31.2 Å². The molecule has 1 aliphatic heterocycles. The molecule has 0 fully saturated rings. The Balaban J connectivity index is 1.66. The number of nitrogens with one attached hydrogen (secondary N) is 1. The first-order valence-corrected chi connectivity index (χ1v) is 10.3. The number of aromatic nitrogens is 1. The van der Waals surface area contributed by atoms with Gasteiger partial charge in [-0.05, 0) is 52.4 Å². The Morgan fingerprint density at radius 3 is 2.73 bits per heavy atom. The molecule has 0 bridgehead atoms. The van der Waals surface area contributed by atoms with Gasteiger partial charge in [0, 0.05) is 17.5 Å². The molecule has 0 atom stereocenters. The van der Waals surface area contributed by atoms with Crippen molar-refractivity contribution in [2.75, 3.05) is 27.2 Å². The number of rotatable bonds is 6. The van der Waals surface area contributed by atoms with E-state index in [4.69, 9.17) is 0 Å². The Labute approximate surface area is 175 Å². The van der Waals surface area contributed by atoms with Crippen LogP contribution in [0.3, 0.4) is 0 Å². The van der Waals surface area contributed by atoms with Gasteiger partial charge in [0.1, 0.15) is 5.71 Å². The zero-order valence-corrected chi connectivity index (χ0v) is 17.3. The van der Waals surface area contributed by atoms with E-state index in [0.29, 0.717) is 34.3 Å². The molecule has 156 valence electrons. The smallest absolute Gasteiger partial charge is 0.328 e. The second-order valence-electron chi connectivity index (χ2n) is 7.87. The quantitative estimate of drug-likeness (QED) is 0.721. The van der Waals surface area contributed by atoms with E-state index in [-0.39, 0.29) is 17.4 Å². The van der Waals surface area contributed by atoms with Crippen LogP contribution in [0.2, 0.25) is 0 Å². The Morgan fingerprint density at radius 2 is 1.97 bits per heavy atom. The van der Waals surface area contributed by atoms with Gasteiger partial charge in [-0.25, -0.2) is 14.4 Å². The third kappa shape index (κ3) is 3.57. The summed E-state index contributed by atoms with van der Waals surface area (Å²) in [5.74, 6) is -0.461. The Hall–Kier alpha value is -3.19. The van der Waals surface area contributed by atoms with E-state index in [1.807, 2.05) is 32.3 Å². The number of hydrogen-bond donors (Lipinski definition) is 2. The second kappa shape index (κ2) is 8.28. The van der Waals surface area contributed by atoms with E-state index in [2.05, 4.69) is 15.2 Å². The van der Waals surface area contributed by atoms with Gasteiger partial charge in [0.15, 0.2) is 0 Å². The number of nitrogens with zero attached hydrogens (tertiary/aromatic N) is 3. The number of amides is 1. The average Bonchev–Trinajstić information content (AvgIpc) is 3.21. The summed E-state index contributed by atoms with van der Waals surface area (Å²) in [5.41, 5.74) is 2.29. The number of para-hydroxylation sites is 1. The molecule has 2 N–H and O–H groups in total. The summed E-state index contributed by atoms with van der Waals surface area (Å²) in [5, 5.41) is 14.5. The van der Waals surface area contributed by atoms with Crippen LogP contribution < -0.4 is 5.32 Å². The van der Waals surface area contributed by atoms with Crippen molar-refractivity contribution in [3.8, 4) is 5.88 Å². The summed E-state index contributed by atoms with van der Waals surface area (Å²) in [6.45, 7) is 1.46. The predicted molar refractivity (Wildman–Crippen MR) is 117 cm³/mol. The van der Waals surface area contributed by atoms with E-state index in [0.717, 1.165) is 32.2 Å². The van der Waals surface area contributed by atoms with Crippen LogP contribution in [0.4, 0.5) is 4.79 Å². The molecule has 1 aromatic carbocycles. The highest BCUT2D eigenvalue weighted by Gasteiger charge is 2.34. The maximum atomic E-state index is 12.9. The van der Waals surface area contributed by atoms with Crippen molar-refractivity contribution in [3.05, 3.63) is 53.3 Å². The Morgan fingerprint density at radius 1 is 1.20 bits per heavy atom. The Bertz CT molecular complexity index is 1110. The number of benzene rings is 1. The number of allylic oxidation sites excluding steroid dienone is 3. The SMILES string of the molecule is CN(C)CCCCNC(=O)n1c(O)c(C2=NC3=CCCC=C3C2=O)c2ccccc21. The van der Waals surface area contributed by atoms with Crippen molar-refractivity contribution in [2.45, 2.75) is 25.7 Å². The topological polar surface area (TPSA) is 86.9 Å². The summed E-state index contributed by atoms with van der Waals surface area (Å²) in [6.07, 6.45) is 7.28. The molecular formula is C23H26N4O3. The largest absolute Gasteiger partial charge is 0.494 e. The van der Waals surface area contributed by atoms with Gasteiger partial charge in [0.2, 0.25) is 11.7 Å². The summed E-state index contributed by atoms with van der Waals surface area (Å²) < 4.78 is 1.23. The van der Waals surface area contributed by atoms with Crippen LogP contribution in [0.25, 0.3) is 10.9 Å². The maximum Gasteiger partial charge on any atom is 0.328 e. The number of ketones is 1.